The van der Waals surface area contributed by atoms with Crippen LogP contribution in [0.15, 0.2) is 66.7 Å². The molecule has 4 aromatic rings. The number of nitrogens with two attached hydrogens (primary N) is 2. The van der Waals surface area contributed by atoms with Gasteiger partial charge in [-0.25, -0.2) is 0 Å². The van der Waals surface area contributed by atoms with Gasteiger partial charge in [0.1, 0.15) is 5.75 Å². The van der Waals surface area contributed by atoms with Gasteiger partial charge in [-0.15, -0.1) is 0 Å². The van der Waals surface area contributed by atoms with Gasteiger partial charge in [0.2, 0.25) is 12.2 Å². The lowest BCUT2D eigenvalue weighted by atomic mass is 9.81. The predicted molar refractivity (Wildman–Crippen MR) is 160 cm³/mol. The smallest absolute Gasteiger partial charge is 0.446 e. The summed E-state index contributed by atoms with van der Waals surface area (Å²) in [4.78, 5) is 22.2. The Morgan fingerprint density at radius 1 is 1.07 bits per heavy atom. The number of halogens is 3. The highest BCUT2D eigenvalue weighted by atomic mass is 19.4. The van der Waals surface area contributed by atoms with Crippen molar-refractivity contribution < 1.29 is 27.5 Å². The summed E-state index contributed by atoms with van der Waals surface area (Å²) in [5.74, 6) is 1.90. The SMILES string of the molecule is COc1ccc(-c2ccc3c(N)n[nH]c3c2)cc1C(Cc1ccccc1)NC(=O)C1CCC(CN)CC1.O=CC(F)(F)F. The van der Waals surface area contributed by atoms with Gasteiger partial charge in [0.05, 0.1) is 18.7 Å². The lowest BCUT2D eigenvalue weighted by Crippen LogP contribution is -2.37. The molecular weight excluding hydrogens is 559 g/mol. The van der Waals surface area contributed by atoms with Crippen molar-refractivity contribution in [3.63, 3.8) is 0 Å². The molecule has 1 aromatic heterocycles. The molecule has 11 heteroatoms. The Morgan fingerprint density at radius 2 is 1.72 bits per heavy atom. The molecule has 1 fully saturated rings. The van der Waals surface area contributed by atoms with Crippen LogP contribution in [0.3, 0.4) is 0 Å². The molecule has 0 spiro atoms. The molecule has 1 aliphatic rings. The summed E-state index contributed by atoms with van der Waals surface area (Å²) in [5, 5.41) is 11.4. The van der Waals surface area contributed by atoms with Crippen molar-refractivity contribution >= 4 is 28.9 Å². The second kappa shape index (κ2) is 14.2. The molecule has 1 atom stereocenters. The number of hydrogen-bond acceptors (Lipinski definition) is 6. The molecule has 43 heavy (non-hydrogen) atoms. The van der Waals surface area contributed by atoms with Crippen molar-refractivity contribution in [2.75, 3.05) is 19.4 Å². The average molecular weight is 596 g/mol. The van der Waals surface area contributed by atoms with E-state index in [4.69, 9.17) is 21.0 Å². The molecule has 0 aliphatic heterocycles. The fourth-order valence-corrected chi connectivity index (χ4v) is 5.45. The molecule has 1 amide bonds. The molecule has 1 heterocycles. The number of aromatic amines is 1. The highest BCUT2D eigenvalue weighted by molar-refractivity contribution is 5.91. The first kappa shape index (κ1) is 31.6. The number of H-pyrrole nitrogens is 1. The summed E-state index contributed by atoms with van der Waals surface area (Å²) in [6.45, 7) is 0.700. The number of alkyl halides is 3. The number of aldehydes is 1. The van der Waals surface area contributed by atoms with Gasteiger partial charge in [-0.1, -0.05) is 42.5 Å². The number of benzene rings is 3. The molecule has 1 unspecified atom stereocenters. The van der Waals surface area contributed by atoms with E-state index in [1.54, 1.807) is 7.11 Å². The number of nitrogens with one attached hydrogen (secondary N) is 2. The van der Waals surface area contributed by atoms with Crippen LogP contribution in [0, 0.1) is 11.8 Å². The third-order valence-corrected chi connectivity index (χ3v) is 7.81. The Morgan fingerprint density at radius 3 is 2.35 bits per heavy atom. The van der Waals surface area contributed by atoms with Crippen molar-refractivity contribution in [2.24, 2.45) is 17.6 Å². The van der Waals surface area contributed by atoms with Crippen molar-refractivity contribution in [1.29, 1.82) is 0 Å². The van der Waals surface area contributed by atoms with Crippen LogP contribution in [-0.4, -0.2) is 42.2 Å². The van der Waals surface area contributed by atoms with Gasteiger partial charge >= 0.3 is 6.18 Å². The summed E-state index contributed by atoms with van der Waals surface area (Å²) in [6, 6.07) is 22.2. The van der Waals surface area contributed by atoms with Crippen molar-refractivity contribution in [3.8, 4) is 16.9 Å². The Hall–Kier alpha value is -4.38. The molecular formula is C32H36F3N5O3. The number of rotatable bonds is 8. The van der Waals surface area contributed by atoms with Gasteiger partial charge in [0, 0.05) is 16.9 Å². The minimum atomic E-state index is -4.64. The Balaban J connectivity index is 0.000000641. The number of aromatic nitrogens is 2. The zero-order valence-corrected chi connectivity index (χ0v) is 23.9. The minimum absolute atomic E-state index is 0.0171. The number of nitrogens with zero attached hydrogens (tertiary/aromatic N) is 1. The van der Waals surface area contributed by atoms with Crippen molar-refractivity contribution in [1.82, 2.24) is 15.5 Å². The first-order valence-electron chi connectivity index (χ1n) is 14.1. The van der Waals surface area contributed by atoms with Crippen LogP contribution < -0.4 is 21.5 Å². The lowest BCUT2D eigenvalue weighted by Gasteiger charge is -2.29. The number of nitrogen functional groups attached to an aromatic ring is 1. The van der Waals surface area contributed by atoms with E-state index in [-0.39, 0.29) is 17.9 Å². The number of methoxy groups -OCH3 is 1. The largest absolute Gasteiger partial charge is 0.496 e. The van der Waals surface area contributed by atoms with E-state index in [0.29, 0.717) is 24.7 Å². The molecule has 1 saturated carbocycles. The van der Waals surface area contributed by atoms with Gasteiger partial charge in [0.15, 0.2) is 5.82 Å². The van der Waals surface area contributed by atoms with Crippen molar-refractivity contribution in [2.45, 2.75) is 44.3 Å². The fraction of sp³-hybridized carbons (Fsp3) is 0.344. The highest BCUT2D eigenvalue weighted by Gasteiger charge is 2.29. The Labute approximate surface area is 248 Å². The zero-order valence-electron chi connectivity index (χ0n) is 23.9. The normalized spacial score (nSPS) is 17.4. The van der Waals surface area contributed by atoms with E-state index >= 15 is 0 Å². The van der Waals surface area contributed by atoms with E-state index in [0.717, 1.165) is 64.6 Å². The molecule has 0 radical (unpaired) electrons. The number of carbonyl (C=O) groups is 2. The second-order valence-electron chi connectivity index (χ2n) is 10.7. The van der Waals surface area contributed by atoms with E-state index in [9.17, 15) is 18.0 Å². The Kier molecular flexibility index (Phi) is 10.4. The average Bonchev–Trinajstić information content (AvgIpc) is 3.40. The first-order chi connectivity index (χ1) is 20.6. The molecule has 3 aromatic carbocycles. The molecule has 228 valence electrons. The van der Waals surface area contributed by atoms with Crippen LogP contribution in [0.5, 0.6) is 5.75 Å². The second-order valence-corrected chi connectivity index (χ2v) is 10.7. The monoisotopic (exact) mass is 595 g/mol. The van der Waals surface area contributed by atoms with Crippen LogP contribution in [0.4, 0.5) is 19.0 Å². The summed E-state index contributed by atoms with van der Waals surface area (Å²) < 4.78 is 37.0. The van der Waals surface area contributed by atoms with Crippen LogP contribution >= 0.6 is 0 Å². The zero-order chi connectivity index (χ0) is 31.0. The predicted octanol–water partition coefficient (Wildman–Crippen LogP) is 5.73. The number of amides is 1. The number of hydrogen-bond donors (Lipinski definition) is 4. The van der Waals surface area contributed by atoms with Crippen LogP contribution in [0.25, 0.3) is 22.0 Å². The Bertz CT molecular complexity index is 1520. The summed E-state index contributed by atoms with van der Waals surface area (Å²) in [6.07, 6.45) is -1.24. The van der Waals surface area contributed by atoms with Crippen LogP contribution in [0.1, 0.15) is 42.9 Å². The number of ether oxygens (including phenoxy) is 1. The van der Waals surface area contributed by atoms with Gasteiger partial charge in [0.25, 0.3) is 0 Å². The number of carbonyl (C=O) groups excluding carboxylic acids is 2. The molecule has 0 saturated heterocycles. The minimum Gasteiger partial charge on any atom is -0.496 e. The molecule has 5 rings (SSSR count). The van der Waals surface area contributed by atoms with Gasteiger partial charge in [-0.2, -0.15) is 18.3 Å². The van der Waals surface area contributed by atoms with E-state index in [2.05, 4.69) is 33.7 Å². The quantitative estimate of drug-likeness (QED) is 0.192. The van der Waals surface area contributed by atoms with Gasteiger partial charge < -0.3 is 21.5 Å². The fourth-order valence-electron chi connectivity index (χ4n) is 5.45. The van der Waals surface area contributed by atoms with Gasteiger partial charge in [-0.05, 0) is 85.5 Å². The van der Waals surface area contributed by atoms with Crippen molar-refractivity contribution in [3.05, 3.63) is 77.9 Å². The standard InChI is InChI=1S/C30H35N5O2.C2HF3O/c1-37-28-14-12-22(23-11-13-24-27(17-23)34-35-29(24)32)16-25(28)26(15-19-5-3-2-4-6-19)33-30(36)21-9-7-20(18-31)8-10-21;3-2(4,5)1-6/h2-6,11-14,16-17,20-21,26H,7-10,15,18,31H2,1H3,(H,33,36)(H3,32,34,35);1H. The van der Waals surface area contributed by atoms with E-state index < -0.39 is 12.5 Å². The van der Waals surface area contributed by atoms with E-state index in [1.165, 1.54) is 0 Å². The molecule has 8 nitrogen and oxygen atoms in total. The maximum absolute atomic E-state index is 13.5. The molecule has 1 aliphatic carbocycles. The third kappa shape index (κ3) is 8.35. The number of fused-ring (bicyclic) bond motifs is 1. The number of anilines is 1. The summed E-state index contributed by atoms with van der Waals surface area (Å²) in [5.41, 5.74) is 16.9. The maximum Gasteiger partial charge on any atom is 0.446 e. The third-order valence-electron chi connectivity index (χ3n) is 7.81. The van der Waals surface area contributed by atoms with E-state index in [1.807, 2.05) is 48.5 Å². The summed E-state index contributed by atoms with van der Waals surface area (Å²) in [7, 11) is 1.67. The first-order valence-corrected chi connectivity index (χ1v) is 14.1. The van der Waals surface area contributed by atoms with Gasteiger partial charge in [-0.3, -0.25) is 14.7 Å². The summed E-state index contributed by atoms with van der Waals surface area (Å²) >= 11 is 0. The highest BCUT2D eigenvalue weighted by Crippen LogP contribution is 2.35. The van der Waals surface area contributed by atoms with Crippen LogP contribution in [0.2, 0.25) is 0 Å². The topological polar surface area (TPSA) is 136 Å². The lowest BCUT2D eigenvalue weighted by molar-refractivity contribution is -0.156. The maximum atomic E-state index is 13.5. The molecule has 0 bridgehead atoms. The molecule has 6 N–H and O–H groups in total. The van der Waals surface area contributed by atoms with Crippen LogP contribution in [-0.2, 0) is 16.0 Å².